The highest BCUT2D eigenvalue weighted by atomic mass is 16.5. The van der Waals surface area contributed by atoms with Gasteiger partial charge >= 0.3 is 0 Å². The molecule has 1 fully saturated rings. The van der Waals surface area contributed by atoms with Crippen molar-refractivity contribution in [2.45, 2.75) is 13.0 Å². The number of rotatable bonds is 6. The topological polar surface area (TPSA) is 43.0 Å². The van der Waals surface area contributed by atoms with Gasteiger partial charge in [0.25, 0.3) is 0 Å². The van der Waals surface area contributed by atoms with E-state index in [1.54, 1.807) is 14.2 Å². The van der Waals surface area contributed by atoms with E-state index in [2.05, 4.69) is 17.1 Å². The summed E-state index contributed by atoms with van der Waals surface area (Å²) in [5.41, 5.74) is 0.963. The number of nitrogens with zero attached hydrogens (tertiary/aromatic N) is 1. The first kappa shape index (κ1) is 14.9. The van der Waals surface area contributed by atoms with Crippen LogP contribution in [0.15, 0.2) is 18.2 Å². The van der Waals surface area contributed by atoms with Gasteiger partial charge in [-0.25, -0.2) is 0 Å². The molecule has 0 aromatic heterocycles. The summed E-state index contributed by atoms with van der Waals surface area (Å²) < 4.78 is 16.4. The summed E-state index contributed by atoms with van der Waals surface area (Å²) >= 11 is 0. The summed E-state index contributed by atoms with van der Waals surface area (Å²) in [5.74, 6) is 1.57. The van der Waals surface area contributed by atoms with Crippen molar-refractivity contribution in [1.82, 2.24) is 4.90 Å². The first-order chi connectivity index (χ1) is 9.76. The van der Waals surface area contributed by atoms with Gasteiger partial charge in [0.2, 0.25) is 0 Å². The number of benzene rings is 1. The van der Waals surface area contributed by atoms with E-state index in [0.29, 0.717) is 0 Å². The second kappa shape index (κ2) is 7.36. The fourth-order valence-corrected chi connectivity index (χ4v) is 2.36. The summed E-state index contributed by atoms with van der Waals surface area (Å²) in [4.78, 5) is 2.40. The van der Waals surface area contributed by atoms with Gasteiger partial charge in [0.1, 0.15) is 11.5 Å². The molecule has 0 amide bonds. The van der Waals surface area contributed by atoms with Crippen molar-refractivity contribution >= 4 is 5.69 Å². The van der Waals surface area contributed by atoms with Crippen LogP contribution in [0.5, 0.6) is 11.5 Å². The van der Waals surface area contributed by atoms with Gasteiger partial charge in [-0.2, -0.15) is 0 Å². The van der Waals surface area contributed by atoms with Crippen molar-refractivity contribution in [2.24, 2.45) is 0 Å². The maximum absolute atomic E-state index is 5.78. The second-order valence-corrected chi connectivity index (χ2v) is 4.83. The zero-order valence-electron chi connectivity index (χ0n) is 12.5. The van der Waals surface area contributed by atoms with Crippen LogP contribution in [0.2, 0.25) is 0 Å². The molecule has 5 heteroatoms. The first-order valence-electron chi connectivity index (χ1n) is 7.06. The molecule has 20 heavy (non-hydrogen) atoms. The summed E-state index contributed by atoms with van der Waals surface area (Å²) in [6.07, 6.45) is 0.218. The van der Waals surface area contributed by atoms with Crippen molar-refractivity contribution in [1.29, 1.82) is 0 Å². The maximum atomic E-state index is 5.78. The minimum atomic E-state index is 0.218. The number of hydrogen-bond donors (Lipinski definition) is 1. The Kier molecular flexibility index (Phi) is 5.49. The predicted octanol–water partition coefficient (Wildman–Crippen LogP) is 1.84. The third kappa shape index (κ3) is 3.77. The van der Waals surface area contributed by atoms with Crippen molar-refractivity contribution < 1.29 is 14.2 Å². The minimum absolute atomic E-state index is 0.218. The normalized spacial score (nSPS) is 19.6. The number of anilines is 1. The quantitative estimate of drug-likeness (QED) is 0.861. The number of hydrogen-bond acceptors (Lipinski definition) is 5. The van der Waals surface area contributed by atoms with Crippen LogP contribution in [0.3, 0.4) is 0 Å². The zero-order valence-corrected chi connectivity index (χ0v) is 12.5. The van der Waals surface area contributed by atoms with E-state index in [-0.39, 0.29) is 6.10 Å². The van der Waals surface area contributed by atoms with E-state index < -0.39 is 0 Å². The van der Waals surface area contributed by atoms with Gasteiger partial charge in [-0.1, -0.05) is 6.92 Å². The van der Waals surface area contributed by atoms with Gasteiger partial charge in [-0.05, 0) is 18.7 Å². The average Bonchev–Trinajstić information content (AvgIpc) is 2.52. The Morgan fingerprint density at radius 3 is 2.90 bits per heavy atom. The van der Waals surface area contributed by atoms with Crippen molar-refractivity contribution in [2.75, 3.05) is 52.3 Å². The number of ether oxygens (including phenoxy) is 3. The third-order valence-corrected chi connectivity index (χ3v) is 3.60. The van der Waals surface area contributed by atoms with Crippen LogP contribution in [0, 0.1) is 0 Å². The maximum Gasteiger partial charge on any atom is 0.145 e. The molecule has 1 aromatic carbocycles. The Labute approximate surface area is 120 Å². The van der Waals surface area contributed by atoms with Gasteiger partial charge in [-0.3, -0.25) is 4.90 Å². The minimum Gasteiger partial charge on any atom is -0.497 e. The van der Waals surface area contributed by atoms with E-state index >= 15 is 0 Å². The Bertz CT molecular complexity index is 426. The van der Waals surface area contributed by atoms with Crippen molar-refractivity contribution in [3.63, 3.8) is 0 Å². The molecule has 1 atom stereocenters. The van der Waals surface area contributed by atoms with Crippen LogP contribution in [0.4, 0.5) is 5.69 Å². The molecule has 1 heterocycles. The van der Waals surface area contributed by atoms with Gasteiger partial charge in [0.05, 0.1) is 32.6 Å². The van der Waals surface area contributed by atoms with Crippen LogP contribution < -0.4 is 14.8 Å². The molecule has 0 spiro atoms. The smallest absolute Gasteiger partial charge is 0.145 e. The monoisotopic (exact) mass is 280 g/mol. The lowest BCUT2D eigenvalue weighted by atomic mass is 10.2. The number of methoxy groups -OCH3 is 2. The molecule has 5 nitrogen and oxygen atoms in total. The Balaban J connectivity index is 1.93. The van der Waals surface area contributed by atoms with Gasteiger partial charge in [0.15, 0.2) is 0 Å². The lowest BCUT2D eigenvalue weighted by Crippen LogP contribution is -2.45. The van der Waals surface area contributed by atoms with Gasteiger partial charge in [-0.15, -0.1) is 0 Å². The highest BCUT2D eigenvalue weighted by Crippen LogP contribution is 2.29. The zero-order chi connectivity index (χ0) is 14.4. The van der Waals surface area contributed by atoms with Crippen LogP contribution in [0.25, 0.3) is 0 Å². The lowest BCUT2D eigenvalue weighted by Gasteiger charge is -2.32. The average molecular weight is 280 g/mol. The summed E-state index contributed by atoms with van der Waals surface area (Å²) in [6, 6.07) is 5.77. The standard InChI is InChI=1S/C15H24N2O3/c1-4-17-7-8-20-13(11-17)10-16-14-6-5-12(18-2)9-15(14)19-3/h5-6,9,13,16H,4,7-8,10-11H2,1-3H3. The Morgan fingerprint density at radius 2 is 2.20 bits per heavy atom. The fourth-order valence-electron chi connectivity index (χ4n) is 2.36. The van der Waals surface area contributed by atoms with Crippen LogP contribution in [-0.2, 0) is 4.74 Å². The summed E-state index contributed by atoms with van der Waals surface area (Å²) in [6.45, 7) is 6.84. The van der Waals surface area contributed by atoms with E-state index in [9.17, 15) is 0 Å². The predicted molar refractivity (Wildman–Crippen MR) is 79.9 cm³/mol. The second-order valence-electron chi connectivity index (χ2n) is 4.83. The van der Waals surface area contributed by atoms with Crippen LogP contribution in [-0.4, -0.2) is 58.0 Å². The fraction of sp³-hybridized carbons (Fsp3) is 0.600. The van der Waals surface area contributed by atoms with E-state index in [0.717, 1.165) is 50.0 Å². The van der Waals surface area contributed by atoms with Gasteiger partial charge < -0.3 is 19.5 Å². The molecule has 1 aliphatic rings. The molecular weight excluding hydrogens is 256 g/mol. The molecule has 1 N–H and O–H groups in total. The van der Waals surface area contributed by atoms with Gasteiger partial charge in [0, 0.05) is 25.7 Å². The van der Waals surface area contributed by atoms with Crippen molar-refractivity contribution in [3.8, 4) is 11.5 Å². The third-order valence-electron chi connectivity index (χ3n) is 3.60. The Morgan fingerprint density at radius 1 is 1.35 bits per heavy atom. The van der Waals surface area contributed by atoms with Crippen LogP contribution >= 0.6 is 0 Å². The van der Waals surface area contributed by atoms with E-state index in [1.165, 1.54) is 0 Å². The largest absolute Gasteiger partial charge is 0.497 e. The molecule has 0 radical (unpaired) electrons. The molecule has 1 aliphatic heterocycles. The highest BCUT2D eigenvalue weighted by molar-refractivity contribution is 5.59. The SMILES string of the molecule is CCN1CCOC(CNc2ccc(OC)cc2OC)C1. The number of morpholine rings is 1. The summed E-state index contributed by atoms with van der Waals surface area (Å²) in [5, 5.41) is 3.40. The Hall–Kier alpha value is -1.46. The summed E-state index contributed by atoms with van der Waals surface area (Å²) in [7, 11) is 3.31. The molecule has 0 saturated carbocycles. The van der Waals surface area contributed by atoms with E-state index in [1.807, 2.05) is 18.2 Å². The molecule has 1 saturated heterocycles. The molecule has 1 aromatic rings. The first-order valence-corrected chi connectivity index (χ1v) is 7.06. The van der Waals surface area contributed by atoms with Crippen LogP contribution in [0.1, 0.15) is 6.92 Å². The molecule has 0 bridgehead atoms. The molecule has 0 aliphatic carbocycles. The molecule has 112 valence electrons. The lowest BCUT2D eigenvalue weighted by molar-refractivity contribution is -0.0191. The number of nitrogens with one attached hydrogen (secondary N) is 1. The molecular formula is C15H24N2O3. The molecule has 2 rings (SSSR count). The number of likely N-dealkylation sites (N-methyl/N-ethyl adjacent to an activating group) is 1. The van der Waals surface area contributed by atoms with E-state index in [4.69, 9.17) is 14.2 Å². The highest BCUT2D eigenvalue weighted by Gasteiger charge is 2.19. The molecule has 1 unspecified atom stereocenters. The van der Waals surface area contributed by atoms with Crippen molar-refractivity contribution in [3.05, 3.63) is 18.2 Å².